The summed E-state index contributed by atoms with van der Waals surface area (Å²) in [5.74, 6) is -0.745. The topological polar surface area (TPSA) is 62.3 Å². The number of thiazole rings is 1. The second-order valence-corrected chi connectivity index (χ2v) is 5.71. The second kappa shape index (κ2) is 7.82. The van der Waals surface area contributed by atoms with Crippen LogP contribution in [0.3, 0.4) is 0 Å². The molecule has 2 amide bonds. The van der Waals surface area contributed by atoms with Crippen LogP contribution in [0.15, 0.2) is 29.6 Å². The maximum absolute atomic E-state index is 12.8. The monoisotopic (exact) mass is 335 g/mol. The molecule has 23 heavy (non-hydrogen) atoms. The number of carbonyl (C=O) groups excluding carboxylic acids is 2. The van der Waals surface area contributed by atoms with Gasteiger partial charge in [0.05, 0.1) is 12.1 Å². The van der Waals surface area contributed by atoms with Gasteiger partial charge in [0.15, 0.2) is 5.13 Å². The predicted molar refractivity (Wildman–Crippen MR) is 88.1 cm³/mol. The Labute approximate surface area is 138 Å². The van der Waals surface area contributed by atoms with Crippen molar-refractivity contribution >= 4 is 28.3 Å². The number of anilines is 1. The van der Waals surface area contributed by atoms with Crippen LogP contribution in [0.5, 0.6) is 0 Å². The highest BCUT2D eigenvalue weighted by atomic mass is 32.1. The number of hydrogen-bond donors (Lipinski definition) is 1. The smallest absolute Gasteiger partial charge is 0.257 e. The minimum atomic E-state index is -0.395. The van der Waals surface area contributed by atoms with E-state index in [0.29, 0.717) is 29.5 Å². The number of hydrogen-bond acceptors (Lipinski definition) is 4. The summed E-state index contributed by atoms with van der Waals surface area (Å²) in [6.07, 6.45) is 0.213. The first-order valence-corrected chi connectivity index (χ1v) is 8.20. The Morgan fingerprint density at radius 2 is 1.87 bits per heavy atom. The molecule has 7 heteroatoms. The van der Waals surface area contributed by atoms with E-state index in [1.54, 1.807) is 10.3 Å². The molecule has 1 heterocycles. The number of carbonyl (C=O) groups is 2. The summed E-state index contributed by atoms with van der Waals surface area (Å²) in [4.78, 5) is 30.0. The molecule has 2 rings (SSSR count). The maximum Gasteiger partial charge on any atom is 0.257 e. The zero-order chi connectivity index (χ0) is 16.8. The number of amides is 2. The lowest BCUT2D eigenvalue weighted by Gasteiger charge is -2.17. The van der Waals surface area contributed by atoms with Crippen molar-refractivity contribution in [1.82, 2.24) is 9.88 Å². The molecule has 0 bridgehead atoms. The lowest BCUT2D eigenvalue weighted by molar-refractivity contribution is -0.130. The third-order valence-electron chi connectivity index (χ3n) is 3.33. The molecule has 0 aliphatic rings. The van der Waals surface area contributed by atoms with Crippen LogP contribution in [0.25, 0.3) is 0 Å². The van der Waals surface area contributed by atoms with Crippen molar-refractivity contribution in [3.63, 3.8) is 0 Å². The van der Waals surface area contributed by atoms with Gasteiger partial charge in [0, 0.05) is 24.0 Å². The standard InChI is InChI=1S/C16H18FN3O2S/c1-3-20(4-2)14(21)9-13-10-23-16(18-13)19-15(22)11-5-7-12(17)8-6-11/h5-8,10H,3-4,9H2,1-2H3,(H,18,19,22). The van der Waals surface area contributed by atoms with Crippen LogP contribution >= 0.6 is 11.3 Å². The van der Waals surface area contributed by atoms with Gasteiger partial charge in [-0.05, 0) is 38.1 Å². The van der Waals surface area contributed by atoms with Gasteiger partial charge < -0.3 is 4.90 Å². The Hall–Kier alpha value is -2.28. The Bertz CT molecular complexity index is 681. The van der Waals surface area contributed by atoms with Gasteiger partial charge in [0.25, 0.3) is 5.91 Å². The van der Waals surface area contributed by atoms with Crippen LogP contribution in [0.2, 0.25) is 0 Å². The van der Waals surface area contributed by atoms with Crippen molar-refractivity contribution in [1.29, 1.82) is 0 Å². The van der Waals surface area contributed by atoms with Crippen LogP contribution in [-0.2, 0) is 11.2 Å². The van der Waals surface area contributed by atoms with Gasteiger partial charge in [0.2, 0.25) is 5.91 Å². The molecular formula is C16H18FN3O2S. The Morgan fingerprint density at radius 1 is 1.22 bits per heavy atom. The first-order valence-electron chi connectivity index (χ1n) is 7.32. The average molecular weight is 335 g/mol. The van der Waals surface area contributed by atoms with Gasteiger partial charge in [-0.15, -0.1) is 11.3 Å². The van der Waals surface area contributed by atoms with Crippen molar-refractivity contribution in [2.45, 2.75) is 20.3 Å². The van der Waals surface area contributed by atoms with Crippen LogP contribution in [0.4, 0.5) is 9.52 Å². The van der Waals surface area contributed by atoms with Gasteiger partial charge in [-0.2, -0.15) is 0 Å². The zero-order valence-corrected chi connectivity index (χ0v) is 13.8. The van der Waals surface area contributed by atoms with E-state index in [1.807, 2.05) is 13.8 Å². The van der Waals surface area contributed by atoms with E-state index in [1.165, 1.54) is 35.6 Å². The van der Waals surface area contributed by atoms with Gasteiger partial charge in [-0.1, -0.05) is 0 Å². The summed E-state index contributed by atoms with van der Waals surface area (Å²) < 4.78 is 12.8. The molecule has 0 fully saturated rings. The van der Waals surface area contributed by atoms with Crippen molar-refractivity contribution in [2.75, 3.05) is 18.4 Å². The fourth-order valence-corrected chi connectivity index (χ4v) is 2.76. The zero-order valence-electron chi connectivity index (χ0n) is 13.0. The predicted octanol–water partition coefficient (Wildman–Crippen LogP) is 2.95. The Kier molecular flexibility index (Phi) is 5.81. The van der Waals surface area contributed by atoms with Gasteiger partial charge in [-0.3, -0.25) is 14.9 Å². The fraction of sp³-hybridized carbons (Fsp3) is 0.312. The summed E-state index contributed by atoms with van der Waals surface area (Å²) >= 11 is 1.26. The van der Waals surface area contributed by atoms with Crippen LogP contribution < -0.4 is 5.32 Å². The normalized spacial score (nSPS) is 10.4. The first-order chi connectivity index (χ1) is 11.0. The molecular weight excluding hydrogens is 317 g/mol. The summed E-state index contributed by atoms with van der Waals surface area (Å²) in [6, 6.07) is 5.27. The molecule has 5 nitrogen and oxygen atoms in total. The minimum Gasteiger partial charge on any atom is -0.343 e. The van der Waals surface area contributed by atoms with E-state index in [9.17, 15) is 14.0 Å². The third-order valence-corrected chi connectivity index (χ3v) is 4.13. The van der Waals surface area contributed by atoms with Crippen molar-refractivity contribution < 1.29 is 14.0 Å². The molecule has 1 aromatic heterocycles. The molecule has 0 spiro atoms. The first kappa shape index (κ1) is 17.1. The van der Waals surface area contributed by atoms with E-state index >= 15 is 0 Å². The quantitative estimate of drug-likeness (QED) is 0.883. The highest BCUT2D eigenvalue weighted by Gasteiger charge is 2.14. The largest absolute Gasteiger partial charge is 0.343 e. The summed E-state index contributed by atoms with van der Waals surface area (Å²) in [5, 5.41) is 4.82. The number of rotatable bonds is 6. The number of halogens is 1. The highest BCUT2D eigenvalue weighted by Crippen LogP contribution is 2.17. The van der Waals surface area contributed by atoms with E-state index in [2.05, 4.69) is 10.3 Å². The molecule has 0 atom stereocenters. The summed E-state index contributed by atoms with van der Waals surface area (Å²) in [7, 11) is 0. The summed E-state index contributed by atoms with van der Waals surface area (Å²) in [5.41, 5.74) is 0.976. The van der Waals surface area contributed by atoms with Crippen LogP contribution in [-0.4, -0.2) is 34.8 Å². The molecule has 0 aliphatic heterocycles. The molecule has 2 aromatic rings. The van der Waals surface area contributed by atoms with E-state index in [4.69, 9.17) is 0 Å². The average Bonchev–Trinajstić information content (AvgIpc) is 2.96. The second-order valence-electron chi connectivity index (χ2n) is 4.85. The van der Waals surface area contributed by atoms with Crippen molar-refractivity contribution in [3.05, 3.63) is 46.7 Å². The third kappa shape index (κ3) is 4.59. The van der Waals surface area contributed by atoms with E-state index in [-0.39, 0.29) is 18.2 Å². The van der Waals surface area contributed by atoms with E-state index in [0.717, 1.165) is 0 Å². The van der Waals surface area contributed by atoms with Gasteiger partial charge >= 0.3 is 0 Å². The molecule has 1 N–H and O–H groups in total. The Morgan fingerprint density at radius 3 is 2.48 bits per heavy atom. The minimum absolute atomic E-state index is 0.0108. The number of nitrogens with zero attached hydrogens (tertiary/aromatic N) is 2. The molecule has 0 radical (unpaired) electrons. The van der Waals surface area contributed by atoms with Crippen molar-refractivity contribution in [2.24, 2.45) is 0 Å². The molecule has 122 valence electrons. The maximum atomic E-state index is 12.8. The van der Waals surface area contributed by atoms with Gasteiger partial charge in [0.1, 0.15) is 5.82 Å². The number of aromatic nitrogens is 1. The van der Waals surface area contributed by atoms with Crippen molar-refractivity contribution in [3.8, 4) is 0 Å². The Balaban J connectivity index is 1.98. The van der Waals surface area contributed by atoms with Crippen LogP contribution in [0, 0.1) is 5.82 Å². The van der Waals surface area contributed by atoms with E-state index < -0.39 is 5.82 Å². The van der Waals surface area contributed by atoms with Crippen LogP contribution in [0.1, 0.15) is 29.9 Å². The highest BCUT2D eigenvalue weighted by molar-refractivity contribution is 7.14. The lowest BCUT2D eigenvalue weighted by atomic mass is 10.2. The lowest BCUT2D eigenvalue weighted by Crippen LogP contribution is -2.31. The number of nitrogens with one attached hydrogen (secondary N) is 1. The molecule has 0 unspecified atom stereocenters. The van der Waals surface area contributed by atoms with Gasteiger partial charge in [-0.25, -0.2) is 9.37 Å². The summed E-state index contributed by atoms with van der Waals surface area (Å²) in [6.45, 7) is 5.18. The number of benzene rings is 1. The molecule has 0 aliphatic carbocycles. The number of likely N-dealkylation sites (N-methyl/N-ethyl adjacent to an activating group) is 1. The molecule has 0 saturated heterocycles. The molecule has 0 saturated carbocycles. The fourth-order valence-electron chi connectivity index (χ4n) is 2.06. The molecule has 1 aromatic carbocycles. The SMILES string of the molecule is CCN(CC)C(=O)Cc1csc(NC(=O)c2ccc(F)cc2)n1.